The first-order valence-corrected chi connectivity index (χ1v) is 10.9. The lowest BCUT2D eigenvalue weighted by Crippen LogP contribution is -2.44. The van der Waals surface area contributed by atoms with E-state index in [4.69, 9.17) is 9.47 Å². The number of rotatable bonds is 6. The summed E-state index contributed by atoms with van der Waals surface area (Å²) in [6, 6.07) is 0. The second-order valence-electron chi connectivity index (χ2n) is 10.5. The Morgan fingerprint density at radius 3 is 2.00 bits per heavy atom. The van der Waals surface area contributed by atoms with Crippen molar-refractivity contribution in [3.05, 3.63) is 0 Å². The molecule has 156 valence electrons. The van der Waals surface area contributed by atoms with Crippen molar-refractivity contribution in [1.82, 2.24) is 0 Å². The molecule has 2 aliphatic carbocycles. The highest BCUT2D eigenvalue weighted by Gasteiger charge is 2.46. The Morgan fingerprint density at radius 2 is 1.52 bits per heavy atom. The highest BCUT2D eigenvalue weighted by Crippen LogP contribution is 2.49. The Balaban J connectivity index is 1.93. The minimum absolute atomic E-state index is 0.263. The van der Waals surface area contributed by atoms with Crippen molar-refractivity contribution in [2.45, 2.75) is 105 Å². The first-order chi connectivity index (χ1) is 12.5. The molecule has 2 aliphatic rings. The molecule has 0 amide bonds. The lowest BCUT2D eigenvalue weighted by Gasteiger charge is -2.44. The Morgan fingerprint density at radius 1 is 0.963 bits per heavy atom. The van der Waals surface area contributed by atoms with Crippen molar-refractivity contribution in [3.8, 4) is 0 Å². The zero-order valence-corrected chi connectivity index (χ0v) is 18.4. The van der Waals surface area contributed by atoms with Crippen molar-refractivity contribution in [1.29, 1.82) is 0 Å². The van der Waals surface area contributed by atoms with Crippen LogP contribution < -0.4 is 0 Å². The molecule has 0 heterocycles. The molecule has 27 heavy (non-hydrogen) atoms. The molecule has 4 nitrogen and oxygen atoms in total. The fourth-order valence-electron chi connectivity index (χ4n) is 4.77. The summed E-state index contributed by atoms with van der Waals surface area (Å²) in [5.74, 6) is 0.494. The molecular formula is C23H40O4. The van der Waals surface area contributed by atoms with Gasteiger partial charge < -0.3 is 9.47 Å². The van der Waals surface area contributed by atoms with Crippen LogP contribution in [-0.2, 0) is 19.1 Å². The number of carbonyl (C=O) groups is 2. The maximum Gasteiger partial charge on any atom is 0.344 e. The van der Waals surface area contributed by atoms with Crippen LogP contribution in [-0.4, -0.2) is 24.1 Å². The summed E-state index contributed by atoms with van der Waals surface area (Å²) in [4.78, 5) is 24.6. The number of ether oxygens (including phenoxy) is 2. The zero-order valence-electron chi connectivity index (χ0n) is 18.4. The van der Waals surface area contributed by atoms with Crippen LogP contribution in [0.15, 0.2) is 0 Å². The second kappa shape index (κ2) is 8.53. The minimum Gasteiger partial charge on any atom is -0.456 e. The van der Waals surface area contributed by atoms with Gasteiger partial charge in [-0.05, 0) is 88.9 Å². The van der Waals surface area contributed by atoms with E-state index < -0.39 is 5.41 Å². The Kier molecular flexibility index (Phi) is 7.02. The molecule has 0 bridgehead atoms. The molecule has 0 aromatic heterocycles. The van der Waals surface area contributed by atoms with Gasteiger partial charge in [-0.3, -0.25) is 4.79 Å². The van der Waals surface area contributed by atoms with Crippen LogP contribution >= 0.6 is 0 Å². The van der Waals surface area contributed by atoms with Crippen LogP contribution in [0.1, 0.15) is 99.3 Å². The molecule has 0 N–H and O–H groups in total. The van der Waals surface area contributed by atoms with Gasteiger partial charge in [0.1, 0.15) is 5.60 Å². The van der Waals surface area contributed by atoms with Crippen LogP contribution in [0.4, 0.5) is 0 Å². The normalized spacial score (nSPS) is 25.9. The molecule has 0 aromatic rings. The quantitative estimate of drug-likeness (QED) is 0.557. The van der Waals surface area contributed by atoms with E-state index in [9.17, 15) is 9.59 Å². The summed E-state index contributed by atoms with van der Waals surface area (Å²) < 4.78 is 11.3. The Hall–Kier alpha value is -1.06. The van der Waals surface area contributed by atoms with E-state index in [2.05, 4.69) is 20.8 Å². The van der Waals surface area contributed by atoms with E-state index in [1.807, 2.05) is 20.8 Å². The smallest absolute Gasteiger partial charge is 0.344 e. The fraction of sp³-hybridized carbons (Fsp3) is 0.913. The molecule has 0 radical (unpaired) electrons. The highest BCUT2D eigenvalue weighted by molar-refractivity contribution is 5.80. The average Bonchev–Trinajstić information content (AvgIpc) is 3.08. The first kappa shape index (κ1) is 22.2. The number of esters is 2. The first-order valence-electron chi connectivity index (χ1n) is 10.9. The minimum atomic E-state index is -0.559. The lowest BCUT2D eigenvalue weighted by atomic mass is 9.66. The van der Waals surface area contributed by atoms with Gasteiger partial charge in [0.15, 0.2) is 6.61 Å². The van der Waals surface area contributed by atoms with Gasteiger partial charge in [0.05, 0.1) is 5.41 Å². The summed E-state index contributed by atoms with van der Waals surface area (Å²) in [5.41, 5.74) is -0.534. The van der Waals surface area contributed by atoms with Crippen molar-refractivity contribution in [2.24, 2.45) is 22.7 Å². The van der Waals surface area contributed by atoms with Crippen LogP contribution in [0, 0.1) is 22.7 Å². The summed E-state index contributed by atoms with van der Waals surface area (Å²) in [6.07, 6.45) is 9.54. The van der Waals surface area contributed by atoms with E-state index in [1.165, 1.54) is 12.8 Å². The molecule has 0 aliphatic heterocycles. The van der Waals surface area contributed by atoms with Gasteiger partial charge in [-0.1, -0.05) is 27.7 Å². The Labute approximate surface area is 165 Å². The van der Waals surface area contributed by atoms with Crippen LogP contribution in [0.3, 0.4) is 0 Å². The van der Waals surface area contributed by atoms with Gasteiger partial charge in [0.25, 0.3) is 0 Å². The zero-order chi connectivity index (χ0) is 20.3. The van der Waals surface area contributed by atoms with Crippen molar-refractivity contribution in [2.75, 3.05) is 6.61 Å². The van der Waals surface area contributed by atoms with Gasteiger partial charge in [0, 0.05) is 0 Å². The maximum atomic E-state index is 12.5. The van der Waals surface area contributed by atoms with E-state index in [1.54, 1.807) is 0 Å². The number of hydrogen-bond donors (Lipinski definition) is 0. The van der Waals surface area contributed by atoms with E-state index >= 15 is 0 Å². The molecule has 2 fully saturated rings. The predicted octanol–water partition coefficient (Wildman–Crippen LogP) is 5.67. The van der Waals surface area contributed by atoms with Gasteiger partial charge in [0.2, 0.25) is 0 Å². The summed E-state index contributed by atoms with van der Waals surface area (Å²) in [5, 5.41) is 0. The summed E-state index contributed by atoms with van der Waals surface area (Å²) in [6.45, 7) is 12.3. The molecule has 0 spiro atoms. The summed E-state index contributed by atoms with van der Waals surface area (Å²) >= 11 is 0. The third-order valence-corrected chi connectivity index (χ3v) is 7.22. The predicted molar refractivity (Wildman–Crippen MR) is 107 cm³/mol. The SMILES string of the molecule is CCC(C)(C)C(=O)OCC(=O)OC1(C2CCC(C(C)(C)C)CC2)CCCC1. The van der Waals surface area contributed by atoms with Crippen molar-refractivity contribution < 1.29 is 19.1 Å². The molecule has 0 unspecified atom stereocenters. The molecule has 2 rings (SSSR count). The second-order valence-corrected chi connectivity index (χ2v) is 10.5. The number of hydrogen-bond acceptors (Lipinski definition) is 4. The molecule has 0 saturated heterocycles. The molecule has 0 aromatic carbocycles. The number of carbonyl (C=O) groups excluding carboxylic acids is 2. The highest BCUT2D eigenvalue weighted by atomic mass is 16.6. The standard InChI is InChI=1S/C23H40O4/c1-7-22(5,6)20(25)26-16-19(24)27-23(14-8-9-15-23)18-12-10-17(11-13-18)21(2,3)4/h17-18H,7-16H2,1-6H3. The topological polar surface area (TPSA) is 52.6 Å². The molecule has 2 saturated carbocycles. The average molecular weight is 381 g/mol. The van der Waals surface area contributed by atoms with Crippen molar-refractivity contribution in [3.63, 3.8) is 0 Å². The third-order valence-electron chi connectivity index (χ3n) is 7.22. The van der Waals surface area contributed by atoms with Crippen molar-refractivity contribution >= 4 is 11.9 Å². The van der Waals surface area contributed by atoms with Gasteiger partial charge >= 0.3 is 11.9 Å². The molecule has 0 atom stereocenters. The summed E-state index contributed by atoms with van der Waals surface area (Å²) in [7, 11) is 0. The van der Waals surface area contributed by atoms with Crippen LogP contribution in [0.25, 0.3) is 0 Å². The van der Waals surface area contributed by atoms with E-state index in [-0.39, 0.29) is 24.1 Å². The lowest BCUT2D eigenvalue weighted by molar-refractivity contribution is -0.179. The molecule has 4 heteroatoms. The fourth-order valence-corrected chi connectivity index (χ4v) is 4.77. The van der Waals surface area contributed by atoms with Crippen LogP contribution in [0.5, 0.6) is 0 Å². The van der Waals surface area contributed by atoms with Crippen LogP contribution in [0.2, 0.25) is 0 Å². The largest absolute Gasteiger partial charge is 0.456 e. The third kappa shape index (κ3) is 5.48. The van der Waals surface area contributed by atoms with Gasteiger partial charge in [-0.25, -0.2) is 4.79 Å². The van der Waals surface area contributed by atoms with Gasteiger partial charge in [-0.15, -0.1) is 0 Å². The molecular weight excluding hydrogens is 340 g/mol. The monoisotopic (exact) mass is 380 g/mol. The van der Waals surface area contributed by atoms with E-state index in [0.29, 0.717) is 17.8 Å². The van der Waals surface area contributed by atoms with Gasteiger partial charge in [-0.2, -0.15) is 0 Å². The van der Waals surface area contributed by atoms with E-state index in [0.717, 1.165) is 44.4 Å². The maximum absolute atomic E-state index is 12.5. The Bertz CT molecular complexity index is 515.